The molecule has 3 aromatic carbocycles. The predicted octanol–water partition coefficient (Wildman–Crippen LogP) is 4.09. The Bertz CT molecular complexity index is 1190. The quantitative estimate of drug-likeness (QED) is 0.550. The lowest BCUT2D eigenvalue weighted by Gasteiger charge is -2.26. The van der Waals surface area contributed by atoms with E-state index in [1.165, 1.54) is 11.9 Å². The Kier molecular flexibility index (Phi) is 7.92. The summed E-state index contributed by atoms with van der Waals surface area (Å²) in [5.41, 5.74) is 1.69. The Morgan fingerprint density at radius 2 is 1.62 bits per heavy atom. The van der Waals surface area contributed by atoms with Crippen LogP contribution in [0.3, 0.4) is 0 Å². The predicted molar refractivity (Wildman–Crippen MR) is 127 cm³/mol. The molecule has 0 saturated carbocycles. The van der Waals surface area contributed by atoms with E-state index in [1.807, 2.05) is 13.0 Å². The van der Waals surface area contributed by atoms with Gasteiger partial charge in [0.1, 0.15) is 18.2 Å². The standard InChI is InChI=1S/C25H24F2N4O3/c1-17-7-6-8-19(13-17)29-25(34)28-15-23(32)31(20-9-4-3-5-10-20)16-24(33)30(2)22-14-18(26)11-12-21(22)27/h3-14H,15-16H2,1-2H3,(H2,28,29,34). The van der Waals surface area contributed by atoms with Crippen LogP contribution in [-0.4, -0.2) is 38.0 Å². The van der Waals surface area contributed by atoms with Crippen molar-refractivity contribution >= 4 is 34.9 Å². The van der Waals surface area contributed by atoms with Gasteiger partial charge in [0.2, 0.25) is 11.8 Å². The molecule has 176 valence electrons. The smallest absolute Gasteiger partial charge is 0.319 e. The molecule has 0 radical (unpaired) electrons. The molecule has 3 aromatic rings. The number of amides is 4. The number of urea groups is 1. The number of carbonyl (C=O) groups excluding carboxylic acids is 3. The summed E-state index contributed by atoms with van der Waals surface area (Å²) in [4.78, 5) is 40.1. The summed E-state index contributed by atoms with van der Waals surface area (Å²) in [7, 11) is 1.29. The molecule has 2 N–H and O–H groups in total. The normalized spacial score (nSPS) is 10.4. The second-order valence-corrected chi connectivity index (χ2v) is 7.54. The molecule has 0 aromatic heterocycles. The third-order valence-corrected chi connectivity index (χ3v) is 4.98. The van der Waals surface area contributed by atoms with Gasteiger partial charge in [-0.05, 0) is 48.9 Å². The van der Waals surface area contributed by atoms with Gasteiger partial charge in [-0.1, -0.05) is 30.3 Å². The van der Waals surface area contributed by atoms with Gasteiger partial charge in [-0.15, -0.1) is 0 Å². The van der Waals surface area contributed by atoms with Gasteiger partial charge in [0.05, 0.1) is 12.2 Å². The summed E-state index contributed by atoms with van der Waals surface area (Å²) in [6.45, 7) is 1.04. The van der Waals surface area contributed by atoms with Gasteiger partial charge >= 0.3 is 6.03 Å². The largest absolute Gasteiger partial charge is 0.329 e. The minimum atomic E-state index is -0.774. The van der Waals surface area contributed by atoms with Crippen LogP contribution in [0.1, 0.15) is 5.56 Å². The van der Waals surface area contributed by atoms with E-state index in [0.29, 0.717) is 11.4 Å². The lowest BCUT2D eigenvalue weighted by Crippen LogP contribution is -2.46. The molecule has 3 rings (SSSR count). The highest BCUT2D eigenvalue weighted by Crippen LogP contribution is 2.21. The van der Waals surface area contributed by atoms with Crippen LogP contribution in [0.5, 0.6) is 0 Å². The van der Waals surface area contributed by atoms with Crippen molar-refractivity contribution in [2.45, 2.75) is 6.92 Å². The third kappa shape index (κ3) is 6.38. The van der Waals surface area contributed by atoms with E-state index in [1.54, 1.807) is 48.5 Å². The Hall–Kier alpha value is -4.27. The maximum absolute atomic E-state index is 14.1. The van der Waals surface area contributed by atoms with Crippen LogP contribution in [0.25, 0.3) is 0 Å². The monoisotopic (exact) mass is 466 g/mol. The van der Waals surface area contributed by atoms with Crippen LogP contribution >= 0.6 is 0 Å². The number of benzene rings is 3. The first-order valence-corrected chi connectivity index (χ1v) is 10.4. The average molecular weight is 466 g/mol. The van der Waals surface area contributed by atoms with Crippen LogP contribution in [0.15, 0.2) is 72.8 Å². The Morgan fingerprint density at radius 1 is 0.882 bits per heavy atom. The minimum Gasteiger partial charge on any atom is -0.329 e. The molecule has 0 saturated heterocycles. The van der Waals surface area contributed by atoms with E-state index in [4.69, 9.17) is 0 Å². The van der Waals surface area contributed by atoms with Gasteiger partial charge in [-0.2, -0.15) is 0 Å². The SMILES string of the molecule is Cc1cccc(NC(=O)NCC(=O)N(CC(=O)N(C)c2cc(F)ccc2F)c2ccccc2)c1. The van der Waals surface area contributed by atoms with Crippen molar-refractivity contribution in [1.29, 1.82) is 0 Å². The molecule has 0 aliphatic rings. The second kappa shape index (κ2) is 11.0. The summed E-state index contributed by atoms with van der Waals surface area (Å²) in [5, 5.41) is 5.11. The number of halogens is 2. The molecule has 7 nitrogen and oxygen atoms in total. The molecule has 0 atom stereocenters. The number of likely N-dealkylation sites (N-methyl/N-ethyl adjacent to an activating group) is 1. The summed E-state index contributed by atoms with van der Waals surface area (Å²) in [5.74, 6) is -2.68. The van der Waals surface area contributed by atoms with Crippen LogP contribution in [0.4, 0.5) is 30.6 Å². The summed E-state index contributed by atoms with van der Waals surface area (Å²) >= 11 is 0. The summed E-state index contributed by atoms with van der Waals surface area (Å²) in [6, 6.07) is 17.7. The molecule has 9 heteroatoms. The van der Waals surface area contributed by atoms with Gasteiger partial charge in [0.15, 0.2) is 0 Å². The highest BCUT2D eigenvalue weighted by molar-refractivity contribution is 6.05. The lowest BCUT2D eigenvalue weighted by molar-refractivity contribution is -0.121. The topological polar surface area (TPSA) is 81.8 Å². The van der Waals surface area contributed by atoms with Crippen molar-refractivity contribution in [3.8, 4) is 0 Å². The summed E-state index contributed by atoms with van der Waals surface area (Å²) < 4.78 is 27.7. The first-order valence-electron chi connectivity index (χ1n) is 10.4. The molecular weight excluding hydrogens is 442 g/mol. The molecular formula is C25H24F2N4O3. The van der Waals surface area contributed by atoms with E-state index < -0.39 is 42.6 Å². The summed E-state index contributed by atoms with van der Waals surface area (Å²) in [6.07, 6.45) is 0. The number of hydrogen-bond acceptors (Lipinski definition) is 3. The van der Waals surface area contributed by atoms with Crippen LogP contribution in [0, 0.1) is 18.6 Å². The van der Waals surface area contributed by atoms with Crippen LogP contribution < -0.4 is 20.4 Å². The van der Waals surface area contributed by atoms with Gasteiger partial charge in [0.25, 0.3) is 0 Å². The Morgan fingerprint density at radius 3 is 2.32 bits per heavy atom. The van der Waals surface area contributed by atoms with Crippen LogP contribution in [0.2, 0.25) is 0 Å². The zero-order valence-corrected chi connectivity index (χ0v) is 18.7. The number of aryl methyl sites for hydroxylation is 1. The number of rotatable bonds is 7. The van der Waals surface area contributed by atoms with Gasteiger partial charge in [0, 0.05) is 24.5 Å². The van der Waals surface area contributed by atoms with Crippen molar-refractivity contribution in [1.82, 2.24) is 5.32 Å². The van der Waals surface area contributed by atoms with E-state index in [0.717, 1.165) is 28.7 Å². The van der Waals surface area contributed by atoms with Crippen molar-refractivity contribution < 1.29 is 23.2 Å². The molecule has 0 spiro atoms. The number of para-hydroxylation sites is 1. The van der Waals surface area contributed by atoms with E-state index in [-0.39, 0.29) is 5.69 Å². The van der Waals surface area contributed by atoms with Crippen molar-refractivity contribution in [3.63, 3.8) is 0 Å². The molecule has 0 unspecified atom stereocenters. The third-order valence-electron chi connectivity index (χ3n) is 4.98. The zero-order chi connectivity index (χ0) is 24.7. The fraction of sp³-hybridized carbons (Fsp3) is 0.160. The maximum Gasteiger partial charge on any atom is 0.319 e. The van der Waals surface area contributed by atoms with E-state index in [2.05, 4.69) is 10.6 Å². The molecule has 0 fully saturated rings. The van der Waals surface area contributed by atoms with Crippen molar-refractivity contribution in [2.24, 2.45) is 0 Å². The molecule has 4 amide bonds. The number of anilines is 3. The molecule has 0 aliphatic carbocycles. The molecule has 0 bridgehead atoms. The first kappa shape index (κ1) is 24.4. The highest BCUT2D eigenvalue weighted by atomic mass is 19.1. The average Bonchev–Trinajstić information content (AvgIpc) is 2.82. The van der Waals surface area contributed by atoms with Gasteiger partial charge in [-0.25, -0.2) is 13.6 Å². The highest BCUT2D eigenvalue weighted by Gasteiger charge is 2.23. The lowest BCUT2D eigenvalue weighted by atomic mass is 10.2. The van der Waals surface area contributed by atoms with Gasteiger partial charge in [-0.3, -0.25) is 9.59 Å². The zero-order valence-electron chi connectivity index (χ0n) is 18.7. The van der Waals surface area contributed by atoms with Crippen molar-refractivity contribution in [3.05, 3.63) is 90.0 Å². The van der Waals surface area contributed by atoms with Crippen molar-refractivity contribution in [2.75, 3.05) is 35.3 Å². The fourth-order valence-electron chi connectivity index (χ4n) is 3.20. The maximum atomic E-state index is 14.1. The number of hydrogen-bond donors (Lipinski definition) is 2. The second-order valence-electron chi connectivity index (χ2n) is 7.54. The number of carbonyl (C=O) groups is 3. The van der Waals surface area contributed by atoms with E-state index in [9.17, 15) is 23.2 Å². The molecule has 0 aliphatic heterocycles. The Balaban J connectivity index is 1.70. The molecule has 34 heavy (non-hydrogen) atoms. The Labute approximate surface area is 196 Å². The van der Waals surface area contributed by atoms with E-state index >= 15 is 0 Å². The number of nitrogens with one attached hydrogen (secondary N) is 2. The first-order chi connectivity index (χ1) is 16.2. The molecule has 0 heterocycles. The minimum absolute atomic E-state index is 0.249. The van der Waals surface area contributed by atoms with Gasteiger partial charge < -0.3 is 20.4 Å². The number of nitrogens with zero attached hydrogens (tertiary/aromatic N) is 2. The fourth-order valence-corrected chi connectivity index (χ4v) is 3.20. The van der Waals surface area contributed by atoms with Crippen LogP contribution in [-0.2, 0) is 9.59 Å².